The first kappa shape index (κ1) is 20.7. The Morgan fingerprint density at radius 2 is 1.52 bits per heavy atom. The molecule has 7 nitrogen and oxygen atoms in total. The molecule has 0 aromatic heterocycles. The van der Waals surface area contributed by atoms with Gasteiger partial charge in [-0.2, -0.15) is 0 Å². The van der Waals surface area contributed by atoms with Crippen molar-refractivity contribution in [3.8, 4) is 0 Å². The second-order valence-corrected chi connectivity index (χ2v) is 5.53. The molecule has 0 heterocycles. The monoisotopic (exact) mass is 341 g/mol. The zero-order valence-corrected chi connectivity index (χ0v) is 15.1. The van der Waals surface area contributed by atoms with E-state index in [-0.39, 0.29) is 12.0 Å². The van der Waals surface area contributed by atoms with Gasteiger partial charge in [0.15, 0.2) is 0 Å². The lowest BCUT2D eigenvalue weighted by molar-refractivity contribution is 0.222. The number of halogens is 1. The number of amides is 3. The van der Waals surface area contributed by atoms with Crippen LogP contribution in [0.4, 0.5) is 15.3 Å². The molecule has 0 atom stereocenters. The summed E-state index contributed by atoms with van der Waals surface area (Å²) in [5.74, 6) is 0.0982. The lowest BCUT2D eigenvalue weighted by atomic mass is 10.1. The number of para-hydroxylation sites is 1. The molecule has 128 valence electrons. The van der Waals surface area contributed by atoms with Crippen LogP contribution in [0.2, 0.25) is 0 Å². The second kappa shape index (κ2) is 9.68. The van der Waals surface area contributed by atoms with Crippen molar-refractivity contribution in [2.45, 2.75) is 13.8 Å². The molecule has 0 fully saturated rings. The minimum Gasteiger partial charge on any atom is -0.369 e. The molecular weight excluding hydrogens is 318 g/mol. The van der Waals surface area contributed by atoms with Gasteiger partial charge in [-0.25, -0.2) is 9.79 Å². The van der Waals surface area contributed by atoms with Crippen LogP contribution in [0, 0.1) is 13.8 Å². The summed E-state index contributed by atoms with van der Waals surface area (Å²) in [6, 6.07) is 5.57. The van der Waals surface area contributed by atoms with E-state index in [1.807, 2.05) is 32.0 Å². The largest absolute Gasteiger partial charge is 0.369 e. The molecule has 0 aliphatic rings. The molecule has 0 aliphatic heterocycles. The summed E-state index contributed by atoms with van der Waals surface area (Å²) in [4.78, 5) is 28.1. The minimum atomic E-state index is -0.435. The number of guanidine groups is 1. The SMILES string of the molecule is CN(C)C(=O)Cl.Cc1cccc(C)c1N=C(N)NC(=O)N(C)C. The van der Waals surface area contributed by atoms with Gasteiger partial charge in [0, 0.05) is 28.2 Å². The van der Waals surface area contributed by atoms with E-state index in [2.05, 4.69) is 10.3 Å². The van der Waals surface area contributed by atoms with E-state index >= 15 is 0 Å². The van der Waals surface area contributed by atoms with Crippen molar-refractivity contribution in [3.05, 3.63) is 29.3 Å². The van der Waals surface area contributed by atoms with E-state index in [4.69, 9.17) is 17.3 Å². The van der Waals surface area contributed by atoms with E-state index in [1.165, 1.54) is 9.80 Å². The van der Waals surface area contributed by atoms with Gasteiger partial charge >= 0.3 is 11.4 Å². The number of nitrogens with one attached hydrogen (secondary N) is 1. The van der Waals surface area contributed by atoms with Crippen molar-refractivity contribution < 1.29 is 9.59 Å². The second-order valence-electron chi connectivity index (χ2n) is 5.21. The van der Waals surface area contributed by atoms with Gasteiger partial charge in [-0.15, -0.1) is 0 Å². The molecule has 8 heteroatoms. The topological polar surface area (TPSA) is 91.0 Å². The van der Waals surface area contributed by atoms with Crippen molar-refractivity contribution in [1.82, 2.24) is 15.1 Å². The number of carbonyl (C=O) groups excluding carboxylic acids is 2. The maximum Gasteiger partial charge on any atom is 0.323 e. The van der Waals surface area contributed by atoms with Crippen molar-refractivity contribution in [2.24, 2.45) is 10.7 Å². The molecule has 0 radical (unpaired) electrons. The lowest BCUT2D eigenvalue weighted by Crippen LogP contribution is -2.42. The van der Waals surface area contributed by atoms with Crippen molar-refractivity contribution in [3.63, 3.8) is 0 Å². The average Bonchev–Trinajstić information content (AvgIpc) is 2.43. The Kier molecular flexibility index (Phi) is 8.72. The Balaban J connectivity index is 0.000000688. The van der Waals surface area contributed by atoms with Gasteiger partial charge in [0.2, 0.25) is 5.96 Å². The smallest absolute Gasteiger partial charge is 0.323 e. The summed E-state index contributed by atoms with van der Waals surface area (Å²) in [7, 11) is 6.47. The van der Waals surface area contributed by atoms with Crippen LogP contribution < -0.4 is 11.1 Å². The third-order valence-electron chi connectivity index (χ3n) is 2.66. The van der Waals surface area contributed by atoms with Crippen LogP contribution in [0.25, 0.3) is 0 Å². The number of rotatable bonds is 1. The molecule has 0 unspecified atom stereocenters. The van der Waals surface area contributed by atoms with Crippen LogP contribution in [0.1, 0.15) is 11.1 Å². The molecule has 0 saturated heterocycles. The molecule has 1 rings (SSSR count). The number of benzene rings is 1. The molecule has 1 aromatic carbocycles. The predicted molar refractivity (Wildman–Crippen MR) is 94.4 cm³/mol. The normalized spacial score (nSPS) is 10.3. The molecular formula is C15H24ClN5O2. The van der Waals surface area contributed by atoms with Crippen LogP contribution in [0.3, 0.4) is 0 Å². The summed E-state index contributed by atoms with van der Waals surface area (Å²) in [5, 5.41) is 2.06. The van der Waals surface area contributed by atoms with Gasteiger partial charge in [0.25, 0.3) is 0 Å². The third kappa shape index (κ3) is 8.06. The lowest BCUT2D eigenvalue weighted by Gasteiger charge is -2.12. The standard InChI is InChI=1S/C12H18N4O.C3H6ClNO/c1-8-6-5-7-9(2)10(8)14-11(13)15-12(17)16(3)4;1-5(2)3(4)6/h5-7H,1-4H3,(H3,13,14,15,17);1-2H3. The summed E-state index contributed by atoms with van der Waals surface area (Å²) in [6.45, 7) is 3.90. The minimum absolute atomic E-state index is 0.0982. The van der Waals surface area contributed by atoms with Gasteiger partial charge in [-0.3, -0.25) is 10.1 Å². The highest BCUT2D eigenvalue weighted by Gasteiger charge is 2.06. The van der Waals surface area contributed by atoms with Crippen LogP contribution in [0.15, 0.2) is 23.2 Å². The molecule has 3 amide bonds. The Hall–Kier alpha value is -2.28. The zero-order chi connectivity index (χ0) is 18.2. The van der Waals surface area contributed by atoms with Crippen molar-refractivity contribution in [1.29, 1.82) is 0 Å². The summed E-state index contributed by atoms with van der Waals surface area (Å²) in [6.07, 6.45) is 0. The van der Waals surface area contributed by atoms with Gasteiger partial charge in [0.05, 0.1) is 5.69 Å². The maximum atomic E-state index is 11.4. The fourth-order valence-electron chi connectivity index (χ4n) is 1.35. The van der Waals surface area contributed by atoms with Crippen molar-refractivity contribution in [2.75, 3.05) is 28.2 Å². The molecule has 0 spiro atoms. The van der Waals surface area contributed by atoms with Gasteiger partial charge in [-0.1, -0.05) is 18.2 Å². The van der Waals surface area contributed by atoms with Gasteiger partial charge in [-0.05, 0) is 36.6 Å². The number of hydrogen-bond acceptors (Lipinski definition) is 3. The highest BCUT2D eigenvalue weighted by molar-refractivity contribution is 6.62. The number of aryl methyl sites for hydroxylation is 2. The number of urea groups is 1. The molecule has 0 aliphatic carbocycles. The molecule has 1 aromatic rings. The predicted octanol–water partition coefficient (Wildman–Crippen LogP) is 2.43. The first-order chi connectivity index (χ1) is 10.6. The number of carbonyl (C=O) groups is 2. The number of aliphatic imine (C=N–C) groups is 1. The highest BCUT2D eigenvalue weighted by atomic mass is 35.5. The van der Waals surface area contributed by atoms with E-state index in [9.17, 15) is 9.59 Å². The van der Waals surface area contributed by atoms with E-state index in [0.29, 0.717) is 0 Å². The molecule has 23 heavy (non-hydrogen) atoms. The Morgan fingerprint density at radius 3 is 1.87 bits per heavy atom. The maximum absolute atomic E-state index is 11.4. The highest BCUT2D eigenvalue weighted by Crippen LogP contribution is 2.22. The number of nitrogens with zero attached hydrogens (tertiary/aromatic N) is 3. The average molecular weight is 342 g/mol. The first-order valence-electron chi connectivity index (χ1n) is 6.81. The van der Waals surface area contributed by atoms with Crippen LogP contribution in [-0.4, -0.2) is 55.3 Å². The van der Waals surface area contributed by atoms with E-state index in [0.717, 1.165) is 16.8 Å². The zero-order valence-electron chi connectivity index (χ0n) is 14.3. The fourth-order valence-corrected chi connectivity index (χ4v) is 1.35. The third-order valence-corrected chi connectivity index (χ3v) is 3.00. The van der Waals surface area contributed by atoms with Gasteiger partial charge in [0.1, 0.15) is 0 Å². The van der Waals surface area contributed by atoms with Crippen LogP contribution >= 0.6 is 11.6 Å². The fraction of sp³-hybridized carbons (Fsp3) is 0.400. The van der Waals surface area contributed by atoms with Gasteiger partial charge < -0.3 is 15.5 Å². The van der Waals surface area contributed by atoms with E-state index < -0.39 is 5.37 Å². The Bertz CT molecular complexity index is 565. The summed E-state index contributed by atoms with van der Waals surface area (Å²) >= 11 is 4.90. The van der Waals surface area contributed by atoms with Crippen LogP contribution in [0.5, 0.6) is 0 Å². The first-order valence-corrected chi connectivity index (χ1v) is 7.19. The summed E-state index contributed by atoms with van der Waals surface area (Å²) < 4.78 is 0. The molecule has 0 bridgehead atoms. The Labute approximate surface area is 142 Å². The van der Waals surface area contributed by atoms with Crippen LogP contribution in [-0.2, 0) is 0 Å². The summed E-state index contributed by atoms with van der Waals surface area (Å²) in [5.41, 5.74) is 8.51. The van der Waals surface area contributed by atoms with Crippen molar-refractivity contribution >= 4 is 34.6 Å². The number of hydrogen-bond donors (Lipinski definition) is 2. The van der Waals surface area contributed by atoms with E-state index in [1.54, 1.807) is 28.2 Å². The Morgan fingerprint density at radius 1 is 1.09 bits per heavy atom. The molecule has 3 N–H and O–H groups in total. The molecule has 0 saturated carbocycles. The number of nitrogens with two attached hydrogens (primary N) is 1. The quantitative estimate of drug-likeness (QED) is 0.355.